The van der Waals surface area contributed by atoms with Crippen LogP contribution < -0.4 is 11.4 Å². The van der Waals surface area contributed by atoms with Crippen LogP contribution >= 0.6 is 0 Å². The Labute approximate surface area is 125 Å². The highest BCUT2D eigenvalue weighted by molar-refractivity contribution is 5.46. The van der Waals surface area contributed by atoms with Gasteiger partial charge in [-0.1, -0.05) is 37.5 Å². The maximum atomic E-state index is 12.4. The molecule has 1 aliphatic carbocycles. The Balaban J connectivity index is 2.18. The van der Waals surface area contributed by atoms with Gasteiger partial charge in [0.15, 0.2) is 0 Å². The van der Waals surface area contributed by atoms with Crippen LogP contribution in [0.25, 0.3) is 5.69 Å². The number of aromatic nitrogens is 2. The van der Waals surface area contributed by atoms with Crippen molar-refractivity contribution in [1.82, 2.24) is 9.13 Å². The van der Waals surface area contributed by atoms with E-state index in [1.807, 2.05) is 31.3 Å². The average molecular weight is 285 g/mol. The summed E-state index contributed by atoms with van der Waals surface area (Å²) in [5.41, 5.74) is 9.35. The van der Waals surface area contributed by atoms with E-state index < -0.39 is 0 Å². The van der Waals surface area contributed by atoms with Crippen molar-refractivity contribution in [2.24, 2.45) is 12.8 Å². The Morgan fingerprint density at radius 3 is 2.43 bits per heavy atom. The second-order valence-electron chi connectivity index (χ2n) is 6.23. The maximum Gasteiger partial charge on any atom is 0.332 e. The van der Waals surface area contributed by atoms with E-state index in [-0.39, 0.29) is 11.2 Å². The van der Waals surface area contributed by atoms with Crippen molar-refractivity contribution in [1.29, 1.82) is 0 Å². The summed E-state index contributed by atoms with van der Waals surface area (Å²) in [6.45, 7) is 1.96. The van der Waals surface area contributed by atoms with Gasteiger partial charge in [-0.3, -0.25) is 4.57 Å². The Morgan fingerprint density at radius 2 is 1.81 bits per heavy atom. The van der Waals surface area contributed by atoms with Crippen LogP contribution in [-0.4, -0.2) is 9.13 Å². The summed E-state index contributed by atoms with van der Waals surface area (Å²) in [6, 6.07) is 8.09. The summed E-state index contributed by atoms with van der Waals surface area (Å²) in [7, 11) is 1.78. The van der Waals surface area contributed by atoms with E-state index in [2.05, 4.69) is 6.07 Å². The highest BCUT2D eigenvalue weighted by Gasteiger charge is 2.32. The highest BCUT2D eigenvalue weighted by atomic mass is 16.1. The molecule has 0 spiro atoms. The van der Waals surface area contributed by atoms with Gasteiger partial charge in [-0.05, 0) is 31.4 Å². The second-order valence-corrected chi connectivity index (χ2v) is 6.23. The van der Waals surface area contributed by atoms with Gasteiger partial charge in [-0.2, -0.15) is 0 Å². The number of benzene rings is 1. The Bertz CT molecular complexity index is 705. The first-order chi connectivity index (χ1) is 10.0. The van der Waals surface area contributed by atoms with E-state index in [9.17, 15) is 4.79 Å². The largest absolute Gasteiger partial charge is 0.332 e. The van der Waals surface area contributed by atoms with Crippen molar-refractivity contribution in [3.8, 4) is 5.69 Å². The number of aryl methyl sites for hydroxylation is 2. The van der Waals surface area contributed by atoms with Crippen molar-refractivity contribution in [3.05, 3.63) is 52.2 Å². The van der Waals surface area contributed by atoms with Crippen LogP contribution in [0.15, 0.2) is 35.3 Å². The number of nitrogens with two attached hydrogens (primary N) is 1. The van der Waals surface area contributed by atoms with Crippen molar-refractivity contribution in [2.75, 3.05) is 0 Å². The van der Waals surface area contributed by atoms with Crippen molar-refractivity contribution in [3.63, 3.8) is 0 Å². The van der Waals surface area contributed by atoms with Gasteiger partial charge in [0.05, 0.1) is 5.69 Å². The van der Waals surface area contributed by atoms with Crippen LogP contribution in [-0.2, 0) is 12.6 Å². The summed E-state index contributed by atoms with van der Waals surface area (Å²) in [5, 5.41) is 0. The van der Waals surface area contributed by atoms with Crippen LogP contribution in [0.4, 0.5) is 0 Å². The second kappa shape index (κ2) is 5.19. The predicted molar refractivity (Wildman–Crippen MR) is 84.7 cm³/mol. The first-order valence-corrected chi connectivity index (χ1v) is 7.67. The van der Waals surface area contributed by atoms with Gasteiger partial charge in [-0.25, -0.2) is 4.79 Å². The molecule has 112 valence electrons. The Hall–Kier alpha value is -1.81. The zero-order valence-corrected chi connectivity index (χ0v) is 12.8. The summed E-state index contributed by atoms with van der Waals surface area (Å²) < 4.78 is 3.40. The molecule has 1 saturated carbocycles. The smallest absolute Gasteiger partial charge is 0.321 e. The lowest BCUT2D eigenvalue weighted by Crippen LogP contribution is -2.40. The van der Waals surface area contributed by atoms with Gasteiger partial charge in [-0.15, -0.1) is 0 Å². The van der Waals surface area contributed by atoms with Crippen LogP contribution in [0.2, 0.25) is 0 Å². The third kappa shape index (κ3) is 2.33. The molecule has 0 amide bonds. The molecule has 21 heavy (non-hydrogen) atoms. The molecule has 0 unspecified atom stereocenters. The molecule has 1 aromatic carbocycles. The third-order valence-electron chi connectivity index (χ3n) is 4.65. The molecule has 3 rings (SSSR count). The fourth-order valence-corrected chi connectivity index (χ4v) is 3.54. The summed E-state index contributed by atoms with van der Waals surface area (Å²) in [6.07, 6.45) is 7.42. The van der Waals surface area contributed by atoms with Crippen molar-refractivity contribution < 1.29 is 0 Å². The third-order valence-corrected chi connectivity index (χ3v) is 4.65. The number of rotatable bonds is 2. The van der Waals surface area contributed by atoms with E-state index in [0.29, 0.717) is 0 Å². The minimum atomic E-state index is -0.309. The molecule has 0 atom stereocenters. The zero-order valence-electron chi connectivity index (χ0n) is 12.8. The lowest BCUT2D eigenvalue weighted by atomic mass is 9.77. The van der Waals surface area contributed by atoms with Gasteiger partial charge in [0, 0.05) is 24.5 Å². The lowest BCUT2D eigenvalue weighted by molar-refractivity contribution is 0.301. The number of imidazole rings is 1. The average Bonchev–Trinajstić information content (AvgIpc) is 2.73. The number of hydrogen-bond donors (Lipinski definition) is 1. The SMILES string of the molecule is Cc1cn(C)c(=O)n1-c1ccccc1C1(N)CCCCC1. The molecule has 1 aromatic heterocycles. The van der Waals surface area contributed by atoms with Gasteiger partial charge >= 0.3 is 5.69 Å². The molecule has 0 radical (unpaired) electrons. The van der Waals surface area contributed by atoms with Gasteiger partial charge in [0.2, 0.25) is 0 Å². The normalized spacial score (nSPS) is 17.9. The van der Waals surface area contributed by atoms with E-state index in [1.165, 1.54) is 6.42 Å². The molecule has 2 N–H and O–H groups in total. The Kier molecular flexibility index (Phi) is 3.49. The van der Waals surface area contributed by atoms with Crippen molar-refractivity contribution >= 4 is 0 Å². The number of para-hydroxylation sites is 1. The van der Waals surface area contributed by atoms with Gasteiger partial charge in [0.1, 0.15) is 0 Å². The van der Waals surface area contributed by atoms with Gasteiger partial charge < -0.3 is 10.3 Å². The fraction of sp³-hybridized carbons (Fsp3) is 0.471. The molecule has 0 saturated heterocycles. The van der Waals surface area contributed by atoms with Crippen molar-refractivity contribution in [2.45, 2.75) is 44.6 Å². The molecule has 0 bridgehead atoms. The zero-order chi connectivity index (χ0) is 15.0. The van der Waals surface area contributed by atoms with Crippen LogP contribution in [0, 0.1) is 6.92 Å². The predicted octanol–water partition coefficient (Wildman–Crippen LogP) is 2.60. The van der Waals surface area contributed by atoms with E-state index in [4.69, 9.17) is 5.73 Å². The number of hydrogen-bond acceptors (Lipinski definition) is 2. The molecule has 2 aromatic rings. The fourth-order valence-electron chi connectivity index (χ4n) is 3.54. The Morgan fingerprint density at radius 1 is 1.14 bits per heavy atom. The first kappa shape index (κ1) is 14.1. The lowest BCUT2D eigenvalue weighted by Gasteiger charge is -2.35. The molecule has 1 aliphatic rings. The topological polar surface area (TPSA) is 53.0 Å². The first-order valence-electron chi connectivity index (χ1n) is 7.67. The molecule has 4 nitrogen and oxygen atoms in total. The van der Waals surface area contributed by atoms with E-state index in [1.54, 1.807) is 16.2 Å². The van der Waals surface area contributed by atoms with Gasteiger partial charge in [0.25, 0.3) is 0 Å². The quantitative estimate of drug-likeness (QED) is 0.922. The van der Waals surface area contributed by atoms with E-state index >= 15 is 0 Å². The summed E-state index contributed by atoms with van der Waals surface area (Å²) in [5.74, 6) is 0. The summed E-state index contributed by atoms with van der Waals surface area (Å²) >= 11 is 0. The monoisotopic (exact) mass is 285 g/mol. The minimum Gasteiger partial charge on any atom is -0.321 e. The summed E-state index contributed by atoms with van der Waals surface area (Å²) in [4.78, 5) is 12.4. The van der Waals surface area contributed by atoms with Crippen LogP contribution in [0.1, 0.15) is 43.4 Å². The maximum absolute atomic E-state index is 12.4. The molecule has 0 aliphatic heterocycles. The standard InChI is InChI=1S/C17H23N3O/c1-13-12-19(2)16(21)20(13)15-9-5-4-8-14(15)17(18)10-6-3-7-11-17/h4-5,8-9,12H,3,6-7,10-11,18H2,1-2H3. The molecule has 1 fully saturated rings. The van der Waals surface area contributed by atoms with Crippen LogP contribution in [0.3, 0.4) is 0 Å². The number of nitrogens with zero attached hydrogens (tertiary/aromatic N) is 2. The minimum absolute atomic E-state index is 0.0145. The molecular weight excluding hydrogens is 262 g/mol. The molecular formula is C17H23N3O. The van der Waals surface area contributed by atoms with Crippen LogP contribution in [0.5, 0.6) is 0 Å². The van der Waals surface area contributed by atoms with E-state index in [0.717, 1.165) is 42.6 Å². The molecule has 1 heterocycles. The molecule has 4 heteroatoms. The highest BCUT2D eigenvalue weighted by Crippen LogP contribution is 2.37.